The van der Waals surface area contributed by atoms with Crippen LogP contribution >= 0.6 is 12.4 Å². The molecule has 1 aliphatic heterocycles. The lowest BCUT2D eigenvalue weighted by Gasteiger charge is -2.30. The van der Waals surface area contributed by atoms with Crippen LogP contribution in [0.25, 0.3) is 0 Å². The predicted molar refractivity (Wildman–Crippen MR) is 108 cm³/mol. The summed E-state index contributed by atoms with van der Waals surface area (Å²) in [5, 5.41) is 6.16. The third-order valence-electron chi connectivity index (χ3n) is 4.55. The highest BCUT2D eigenvalue weighted by Crippen LogP contribution is 2.25. The fourth-order valence-corrected chi connectivity index (χ4v) is 4.45. The number of sulfonamides is 1. The highest BCUT2D eigenvalue weighted by Gasteiger charge is 2.31. The second-order valence-electron chi connectivity index (χ2n) is 6.39. The summed E-state index contributed by atoms with van der Waals surface area (Å²) in [6.07, 6.45) is 2.16. The van der Waals surface area contributed by atoms with Gasteiger partial charge in [-0.2, -0.15) is 4.31 Å². The van der Waals surface area contributed by atoms with E-state index in [1.807, 2.05) is 0 Å². The number of methoxy groups -OCH3 is 1. The molecule has 9 heteroatoms. The van der Waals surface area contributed by atoms with E-state index in [2.05, 4.69) is 17.6 Å². The molecule has 1 heterocycles. The molecule has 0 atom stereocenters. The molecule has 1 fully saturated rings. The summed E-state index contributed by atoms with van der Waals surface area (Å²) in [5.74, 6) is 0.515. The third-order valence-corrected chi connectivity index (χ3v) is 6.46. The predicted octanol–water partition coefficient (Wildman–Crippen LogP) is 1.63. The minimum absolute atomic E-state index is 0. The second kappa shape index (κ2) is 11.5. The molecular formula is C18H30ClN3O4S. The highest BCUT2D eigenvalue weighted by atomic mass is 35.5. The van der Waals surface area contributed by atoms with Crippen molar-refractivity contribution in [2.45, 2.75) is 31.1 Å². The van der Waals surface area contributed by atoms with Crippen molar-refractivity contribution in [3.05, 3.63) is 24.3 Å². The van der Waals surface area contributed by atoms with Crippen LogP contribution in [0.4, 0.5) is 0 Å². The van der Waals surface area contributed by atoms with Gasteiger partial charge in [-0.1, -0.05) is 6.92 Å². The van der Waals surface area contributed by atoms with Gasteiger partial charge in [-0.3, -0.25) is 4.79 Å². The maximum Gasteiger partial charge on any atom is 0.243 e. The Kier molecular flexibility index (Phi) is 10.1. The summed E-state index contributed by atoms with van der Waals surface area (Å²) >= 11 is 0. The molecule has 1 saturated heterocycles. The van der Waals surface area contributed by atoms with Gasteiger partial charge in [-0.05, 0) is 50.1 Å². The maximum atomic E-state index is 12.7. The van der Waals surface area contributed by atoms with Gasteiger partial charge in [0.1, 0.15) is 5.75 Å². The van der Waals surface area contributed by atoms with Gasteiger partial charge in [0.25, 0.3) is 0 Å². The van der Waals surface area contributed by atoms with E-state index in [1.54, 1.807) is 31.4 Å². The minimum Gasteiger partial charge on any atom is -0.497 e. The lowest BCUT2D eigenvalue weighted by atomic mass is 9.97. The molecule has 0 spiro atoms. The van der Waals surface area contributed by atoms with Crippen LogP contribution in [0, 0.1) is 5.92 Å². The Balaban J connectivity index is 0.00000364. The van der Waals surface area contributed by atoms with Gasteiger partial charge in [-0.15, -0.1) is 12.4 Å². The molecule has 0 unspecified atom stereocenters. The molecule has 0 aliphatic carbocycles. The number of ether oxygens (including phenoxy) is 1. The van der Waals surface area contributed by atoms with E-state index in [0.29, 0.717) is 38.2 Å². The maximum absolute atomic E-state index is 12.7. The smallest absolute Gasteiger partial charge is 0.243 e. The van der Waals surface area contributed by atoms with Gasteiger partial charge in [-0.25, -0.2) is 8.42 Å². The molecule has 1 aromatic rings. The first-order valence-electron chi connectivity index (χ1n) is 9.11. The van der Waals surface area contributed by atoms with Crippen LogP contribution in [0.3, 0.4) is 0 Å². The largest absolute Gasteiger partial charge is 0.497 e. The molecule has 0 radical (unpaired) electrons. The van der Waals surface area contributed by atoms with Crippen molar-refractivity contribution < 1.29 is 17.9 Å². The van der Waals surface area contributed by atoms with Gasteiger partial charge < -0.3 is 15.4 Å². The van der Waals surface area contributed by atoms with E-state index >= 15 is 0 Å². The van der Waals surface area contributed by atoms with Gasteiger partial charge in [0.2, 0.25) is 15.9 Å². The van der Waals surface area contributed by atoms with Crippen molar-refractivity contribution in [2.75, 3.05) is 39.8 Å². The van der Waals surface area contributed by atoms with Crippen molar-refractivity contribution in [1.29, 1.82) is 0 Å². The molecule has 1 aliphatic rings. The Hall–Kier alpha value is -1.35. The summed E-state index contributed by atoms with van der Waals surface area (Å²) in [6.45, 7) is 5.12. The standard InChI is InChI=1S/C18H29N3O4S.ClH/c1-3-10-19-11-12-20-18(22)15-8-13-21(14-9-15)26(23,24)17-6-4-16(25-2)5-7-17;/h4-7,15,19H,3,8-14H2,1-2H3,(H,20,22);1H. The Morgan fingerprint density at radius 1 is 1.15 bits per heavy atom. The molecular weight excluding hydrogens is 390 g/mol. The summed E-state index contributed by atoms with van der Waals surface area (Å²) in [4.78, 5) is 12.5. The van der Waals surface area contributed by atoms with Gasteiger partial charge in [0, 0.05) is 32.1 Å². The number of carbonyl (C=O) groups excluding carboxylic acids is 1. The number of nitrogens with zero attached hydrogens (tertiary/aromatic N) is 1. The van der Waals surface area contributed by atoms with Crippen LogP contribution in [-0.2, 0) is 14.8 Å². The highest BCUT2D eigenvalue weighted by molar-refractivity contribution is 7.89. The molecule has 27 heavy (non-hydrogen) atoms. The van der Waals surface area contributed by atoms with Crippen LogP contribution < -0.4 is 15.4 Å². The van der Waals surface area contributed by atoms with Gasteiger partial charge >= 0.3 is 0 Å². The van der Waals surface area contributed by atoms with Gasteiger partial charge in [0.15, 0.2) is 0 Å². The fourth-order valence-electron chi connectivity index (χ4n) is 2.98. The molecule has 154 valence electrons. The fraction of sp³-hybridized carbons (Fsp3) is 0.611. The topological polar surface area (TPSA) is 87.7 Å². The van der Waals surface area contributed by atoms with Crippen molar-refractivity contribution >= 4 is 28.3 Å². The van der Waals surface area contributed by atoms with Crippen molar-refractivity contribution in [3.63, 3.8) is 0 Å². The van der Waals surface area contributed by atoms with Crippen LogP contribution in [0.5, 0.6) is 5.75 Å². The van der Waals surface area contributed by atoms with E-state index in [1.165, 1.54) is 4.31 Å². The number of hydrogen-bond donors (Lipinski definition) is 2. The SMILES string of the molecule is CCCNCCNC(=O)C1CCN(S(=O)(=O)c2ccc(OC)cc2)CC1.Cl. The molecule has 7 nitrogen and oxygen atoms in total. The number of benzene rings is 1. The number of amides is 1. The van der Waals surface area contributed by atoms with Crippen molar-refractivity contribution in [3.8, 4) is 5.75 Å². The first-order chi connectivity index (χ1) is 12.5. The van der Waals surface area contributed by atoms with Crippen molar-refractivity contribution in [1.82, 2.24) is 14.9 Å². The van der Waals surface area contributed by atoms with Crippen LogP contribution in [0.2, 0.25) is 0 Å². The minimum atomic E-state index is -3.53. The number of halogens is 1. The number of carbonyl (C=O) groups is 1. The molecule has 1 amide bonds. The molecule has 2 rings (SSSR count). The lowest BCUT2D eigenvalue weighted by Crippen LogP contribution is -2.44. The zero-order chi connectivity index (χ0) is 19.0. The van der Waals surface area contributed by atoms with E-state index in [-0.39, 0.29) is 29.1 Å². The monoisotopic (exact) mass is 419 g/mol. The summed E-state index contributed by atoms with van der Waals surface area (Å²) in [6, 6.07) is 6.38. The molecule has 1 aromatic carbocycles. The third kappa shape index (κ3) is 6.64. The molecule has 2 N–H and O–H groups in total. The zero-order valence-electron chi connectivity index (χ0n) is 15.9. The summed E-state index contributed by atoms with van der Waals surface area (Å²) in [5.41, 5.74) is 0. The first kappa shape index (κ1) is 23.7. The second-order valence-corrected chi connectivity index (χ2v) is 8.33. The Bertz CT molecular complexity index is 674. The average molecular weight is 420 g/mol. The van der Waals surface area contributed by atoms with Crippen LogP contribution in [-0.4, -0.2) is 58.5 Å². The van der Waals surface area contributed by atoms with E-state index < -0.39 is 10.0 Å². The zero-order valence-corrected chi connectivity index (χ0v) is 17.6. The van der Waals surface area contributed by atoms with E-state index in [9.17, 15) is 13.2 Å². The lowest BCUT2D eigenvalue weighted by molar-refractivity contribution is -0.126. The van der Waals surface area contributed by atoms with E-state index in [0.717, 1.165) is 19.5 Å². The van der Waals surface area contributed by atoms with Crippen LogP contribution in [0.15, 0.2) is 29.2 Å². The van der Waals surface area contributed by atoms with Gasteiger partial charge in [0.05, 0.1) is 12.0 Å². The Morgan fingerprint density at radius 2 is 1.78 bits per heavy atom. The summed E-state index contributed by atoms with van der Waals surface area (Å²) < 4.78 is 31.9. The Labute approximate surface area is 168 Å². The molecule has 0 aromatic heterocycles. The molecule has 0 bridgehead atoms. The Morgan fingerprint density at radius 3 is 2.33 bits per heavy atom. The van der Waals surface area contributed by atoms with E-state index in [4.69, 9.17) is 4.74 Å². The van der Waals surface area contributed by atoms with Crippen LogP contribution in [0.1, 0.15) is 26.2 Å². The number of nitrogens with one attached hydrogen (secondary N) is 2. The summed E-state index contributed by atoms with van der Waals surface area (Å²) in [7, 11) is -1.99. The first-order valence-corrected chi connectivity index (χ1v) is 10.6. The number of rotatable bonds is 9. The normalized spacial score (nSPS) is 15.8. The number of piperidine rings is 1. The van der Waals surface area contributed by atoms with Crippen molar-refractivity contribution in [2.24, 2.45) is 5.92 Å². The molecule has 0 saturated carbocycles. The quantitative estimate of drug-likeness (QED) is 0.594. The number of hydrogen-bond acceptors (Lipinski definition) is 5. The average Bonchev–Trinajstić information content (AvgIpc) is 2.67.